The quantitative estimate of drug-likeness (QED) is 0.853. The molecule has 6 nitrogen and oxygen atoms in total. The Balaban J connectivity index is 2.05. The molecule has 0 aliphatic rings. The molecule has 0 saturated carbocycles. The van der Waals surface area contributed by atoms with Crippen LogP contribution in [-0.4, -0.2) is 33.0 Å². The van der Waals surface area contributed by atoms with Crippen molar-refractivity contribution in [2.45, 2.75) is 12.3 Å². The van der Waals surface area contributed by atoms with Crippen molar-refractivity contribution >= 4 is 29.3 Å². The zero-order chi connectivity index (χ0) is 15.2. The molecule has 2 aromatic rings. The van der Waals surface area contributed by atoms with Crippen LogP contribution in [0.2, 0.25) is 0 Å². The molecule has 0 atom stereocenters. The van der Waals surface area contributed by atoms with Crippen LogP contribution in [0.15, 0.2) is 36.7 Å². The number of anilines is 1. The van der Waals surface area contributed by atoms with E-state index in [2.05, 4.69) is 10.4 Å². The lowest BCUT2D eigenvalue weighted by atomic mass is 10.1. The topological polar surface area (TPSA) is 84.2 Å². The largest absolute Gasteiger partial charge is 0.480 e. The first-order valence-corrected chi connectivity index (χ1v) is 7.61. The number of nitrogens with one attached hydrogen (secondary N) is 1. The van der Waals surface area contributed by atoms with Crippen LogP contribution in [-0.2, 0) is 17.1 Å². The molecule has 0 bridgehead atoms. The third-order valence-corrected chi connectivity index (χ3v) is 3.31. The second-order valence-corrected chi connectivity index (χ2v) is 5.27. The number of amides is 1. The van der Waals surface area contributed by atoms with E-state index >= 15 is 0 Å². The Labute approximate surface area is 126 Å². The lowest BCUT2D eigenvalue weighted by molar-refractivity contribution is -0.137. The Kier molecular flexibility index (Phi) is 4.99. The number of carboxylic acid groups (broad SMARTS) is 1. The van der Waals surface area contributed by atoms with E-state index in [0.29, 0.717) is 11.3 Å². The lowest BCUT2D eigenvalue weighted by Gasteiger charge is -2.04. The molecular formula is C14H15N3O3S. The van der Waals surface area contributed by atoms with Gasteiger partial charge in [0.05, 0.1) is 11.9 Å². The van der Waals surface area contributed by atoms with E-state index in [4.69, 9.17) is 5.11 Å². The van der Waals surface area contributed by atoms with E-state index < -0.39 is 5.97 Å². The van der Waals surface area contributed by atoms with Gasteiger partial charge in [0.2, 0.25) is 0 Å². The summed E-state index contributed by atoms with van der Waals surface area (Å²) in [5.74, 6) is -0.383. The van der Waals surface area contributed by atoms with Crippen molar-refractivity contribution in [3.8, 4) is 0 Å². The summed E-state index contributed by atoms with van der Waals surface area (Å²) in [5.41, 5.74) is 2.11. The number of carbonyl (C=O) groups is 2. The number of nitrogens with zero attached hydrogens (tertiary/aromatic N) is 2. The maximum Gasteiger partial charge on any atom is 0.325 e. The molecule has 1 aromatic carbocycles. The molecule has 1 heterocycles. The molecule has 0 fully saturated rings. The van der Waals surface area contributed by atoms with Crippen LogP contribution >= 0.6 is 11.8 Å². The third-order valence-electron chi connectivity index (χ3n) is 2.69. The molecule has 0 saturated heterocycles. The molecule has 7 heteroatoms. The number of rotatable bonds is 6. The van der Waals surface area contributed by atoms with Crippen LogP contribution in [0.3, 0.4) is 0 Å². The second-order valence-electron chi connectivity index (χ2n) is 4.41. The molecule has 21 heavy (non-hydrogen) atoms. The zero-order valence-electron chi connectivity index (χ0n) is 11.4. The van der Waals surface area contributed by atoms with Gasteiger partial charge >= 0.3 is 5.97 Å². The van der Waals surface area contributed by atoms with E-state index in [1.807, 2.05) is 24.5 Å². The maximum absolute atomic E-state index is 12.1. The summed E-state index contributed by atoms with van der Waals surface area (Å²) in [5, 5.41) is 15.2. The summed E-state index contributed by atoms with van der Waals surface area (Å²) >= 11 is 1.69. The van der Waals surface area contributed by atoms with Crippen LogP contribution in [0.1, 0.15) is 15.9 Å². The van der Waals surface area contributed by atoms with Crippen LogP contribution in [0.5, 0.6) is 0 Å². The van der Waals surface area contributed by atoms with Gasteiger partial charge in [-0.05, 0) is 24.0 Å². The lowest BCUT2D eigenvalue weighted by Crippen LogP contribution is -2.12. The minimum absolute atomic E-state index is 0.237. The third kappa shape index (κ3) is 4.35. The number of carboxylic acids is 1. The van der Waals surface area contributed by atoms with Gasteiger partial charge in [-0.15, -0.1) is 0 Å². The van der Waals surface area contributed by atoms with Gasteiger partial charge in [0.15, 0.2) is 0 Å². The summed E-state index contributed by atoms with van der Waals surface area (Å²) in [7, 11) is 0. The van der Waals surface area contributed by atoms with E-state index in [1.54, 1.807) is 17.8 Å². The van der Waals surface area contributed by atoms with E-state index in [1.165, 1.54) is 17.1 Å². The highest BCUT2D eigenvalue weighted by atomic mass is 32.2. The van der Waals surface area contributed by atoms with Crippen LogP contribution < -0.4 is 5.32 Å². The maximum atomic E-state index is 12.1. The standard InChI is InChI=1S/C14H15N3O3S/c1-21-9-10-3-2-4-11(5-10)14(20)16-12-6-15-17(7-12)8-13(18)19/h2-7H,8-9H2,1H3,(H,16,20)(H,18,19). The fraction of sp³-hybridized carbons (Fsp3) is 0.214. The Morgan fingerprint density at radius 2 is 2.24 bits per heavy atom. The van der Waals surface area contributed by atoms with Gasteiger partial charge in [0.1, 0.15) is 6.54 Å². The van der Waals surface area contributed by atoms with Gasteiger partial charge < -0.3 is 10.4 Å². The molecule has 0 spiro atoms. The first-order valence-electron chi connectivity index (χ1n) is 6.22. The smallest absolute Gasteiger partial charge is 0.325 e. The summed E-state index contributed by atoms with van der Waals surface area (Å²) in [4.78, 5) is 22.7. The minimum Gasteiger partial charge on any atom is -0.480 e. The van der Waals surface area contributed by atoms with Crippen LogP contribution in [0.25, 0.3) is 0 Å². The Bertz CT molecular complexity index is 654. The van der Waals surface area contributed by atoms with Crippen molar-refractivity contribution in [1.29, 1.82) is 0 Å². The van der Waals surface area contributed by atoms with Crippen molar-refractivity contribution in [2.24, 2.45) is 0 Å². The molecule has 1 aromatic heterocycles. The SMILES string of the molecule is CSCc1cccc(C(=O)Nc2cnn(CC(=O)O)c2)c1. The minimum atomic E-state index is -0.985. The highest BCUT2D eigenvalue weighted by Gasteiger charge is 2.09. The fourth-order valence-corrected chi connectivity index (χ4v) is 2.34. The summed E-state index contributed by atoms with van der Waals surface area (Å²) in [6.45, 7) is -0.237. The number of hydrogen-bond acceptors (Lipinski definition) is 4. The first kappa shape index (κ1) is 15.1. The molecule has 0 unspecified atom stereocenters. The summed E-state index contributed by atoms with van der Waals surface area (Å²) in [6.07, 6.45) is 4.91. The van der Waals surface area contributed by atoms with Crippen molar-refractivity contribution in [3.63, 3.8) is 0 Å². The predicted octanol–water partition coefficient (Wildman–Crippen LogP) is 2.08. The van der Waals surface area contributed by atoms with Gasteiger partial charge in [0.25, 0.3) is 5.91 Å². The molecule has 0 radical (unpaired) electrons. The Morgan fingerprint density at radius 3 is 2.95 bits per heavy atom. The van der Waals surface area contributed by atoms with E-state index in [9.17, 15) is 9.59 Å². The van der Waals surface area contributed by atoms with Crippen LogP contribution in [0, 0.1) is 0 Å². The van der Waals surface area contributed by atoms with Crippen molar-refractivity contribution in [2.75, 3.05) is 11.6 Å². The highest BCUT2D eigenvalue weighted by Crippen LogP contribution is 2.13. The first-order chi connectivity index (χ1) is 10.1. The molecular weight excluding hydrogens is 290 g/mol. The second kappa shape index (κ2) is 6.94. The normalized spacial score (nSPS) is 10.3. The monoisotopic (exact) mass is 305 g/mol. The molecule has 0 aliphatic heterocycles. The zero-order valence-corrected chi connectivity index (χ0v) is 12.3. The van der Waals surface area contributed by atoms with Crippen molar-refractivity contribution in [1.82, 2.24) is 9.78 Å². The number of aromatic nitrogens is 2. The summed E-state index contributed by atoms with van der Waals surface area (Å²) < 4.78 is 1.25. The average Bonchev–Trinajstić information content (AvgIpc) is 2.86. The van der Waals surface area contributed by atoms with Gasteiger partial charge in [-0.25, -0.2) is 0 Å². The Hall–Kier alpha value is -2.28. The van der Waals surface area contributed by atoms with Crippen LogP contribution in [0.4, 0.5) is 5.69 Å². The number of benzene rings is 1. The van der Waals surface area contributed by atoms with Gasteiger partial charge in [-0.1, -0.05) is 12.1 Å². The highest BCUT2D eigenvalue weighted by molar-refractivity contribution is 7.97. The van der Waals surface area contributed by atoms with Gasteiger partial charge in [-0.2, -0.15) is 16.9 Å². The van der Waals surface area contributed by atoms with Gasteiger partial charge in [-0.3, -0.25) is 14.3 Å². The van der Waals surface area contributed by atoms with Crippen molar-refractivity contribution in [3.05, 3.63) is 47.8 Å². The van der Waals surface area contributed by atoms with Gasteiger partial charge in [0, 0.05) is 17.5 Å². The number of aliphatic carboxylic acids is 1. The number of thioether (sulfide) groups is 1. The van der Waals surface area contributed by atoms with E-state index in [-0.39, 0.29) is 12.5 Å². The number of carbonyl (C=O) groups excluding carboxylic acids is 1. The predicted molar refractivity (Wildman–Crippen MR) is 81.5 cm³/mol. The Morgan fingerprint density at radius 1 is 1.43 bits per heavy atom. The fourth-order valence-electron chi connectivity index (χ4n) is 1.83. The van der Waals surface area contributed by atoms with Crippen molar-refractivity contribution < 1.29 is 14.7 Å². The summed E-state index contributed by atoms with van der Waals surface area (Å²) in [6, 6.07) is 7.39. The van der Waals surface area contributed by atoms with E-state index in [0.717, 1.165) is 11.3 Å². The number of hydrogen-bond donors (Lipinski definition) is 2. The molecule has 0 aliphatic carbocycles. The molecule has 2 rings (SSSR count). The average molecular weight is 305 g/mol. The molecule has 110 valence electrons. The molecule has 1 amide bonds. The molecule has 2 N–H and O–H groups in total.